The molecule has 0 saturated heterocycles. The van der Waals surface area contributed by atoms with Gasteiger partial charge in [-0.2, -0.15) is 0 Å². The Balaban J connectivity index is 2.05. The maximum atomic E-state index is 6.89. The van der Waals surface area contributed by atoms with E-state index in [1.807, 2.05) is 0 Å². The number of para-hydroxylation sites is 1. The molecule has 5 heteroatoms. The van der Waals surface area contributed by atoms with Gasteiger partial charge in [-0.25, -0.2) is 0 Å². The minimum atomic E-state index is -0.470. The van der Waals surface area contributed by atoms with E-state index in [9.17, 15) is 0 Å². The lowest BCUT2D eigenvalue weighted by molar-refractivity contribution is 0.246. The Morgan fingerprint density at radius 2 is 0.878 bits per heavy atom. The number of ether oxygens (including phenoxy) is 2. The van der Waals surface area contributed by atoms with Gasteiger partial charge >= 0.3 is 0 Å². The fourth-order valence-corrected chi connectivity index (χ4v) is 8.71. The summed E-state index contributed by atoms with van der Waals surface area (Å²) in [6, 6.07) is 28.6. The van der Waals surface area contributed by atoms with E-state index < -0.39 is 15.8 Å². The highest BCUT2D eigenvalue weighted by Gasteiger charge is 2.30. The Bertz CT molecular complexity index is 1780. The maximum absolute atomic E-state index is 6.89. The van der Waals surface area contributed by atoms with Gasteiger partial charge < -0.3 is 14.0 Å². The maximum Gasteiger partial charge on any atom is 0.152 e. The van der Waals surface area contributed by atoms with Crippen molar-refractivity contribution in [3.8, 4) is 17.2 Å². The van der Waals surface area contributed by atoms with Gasteiger partial charge in [0.05, 0.1) is 23.2 Å². The molecular weight excluding hydrogens is 540 g/mol. The van der Waals surface area contributed by atoms with Crippen molar-refractivity contribution in [1.29, 1.82) is 0 Å². The third kappa shape index (κ3) is 4.59. The van der Waals surface area contributed by atoms with Crippen LogP contribution in [0.5, 0.6) is 11.5 Å². The highest BCUT2D eigenvalue weighted by atomic mass is 31.1. The van der Waals surface area contributed by atoms with Gasteiger partial charge in [0.1, 0.15) is 0 Å². The van der Waals surface area contributed by atoms with Crippen LogP contribution in [-0.4, -0.2) is 43.4 Å². The zero-order chi connectivity index (χ0) is 29.0. The Morgan fingerprint density at radius 3 is 1.24 bits per heavy atom. The number of rotatable bonds is 7. The summed E-state index contributed by atoms with van der Waals surface area (Å²) in [6.07, 6.45) is 0.0706. The predicted molar refractivity (Wildman–Crippen MR) is 184 cm³/mol. The van der Waals surface area contributed by atoms with E-state index in [0.29, 0.717) is 0 Å². The molecule has 1 aromatic heterocycles. The summed E-state index contributed by atoms with van der Waals surface area (Å²) in [6.45, 7) is 17.9. The number of hydrogen-bond acceptors (Lipinski definition) is 2. The van der Waals surface area contributed by atoms with Crippen LogP contribution in [0.4, 0.5) is 0 Å². The van der Waals surface area contributed by atoms with Crippen LogP contribution in [0.15, 0.2) is 78.9 Å². The van der Waals surface area contributed by atoms with Crippen LogP contribution >= 0.6 is 15.8 Å². The quantitative estimate of drug-likeness (QED) is 0.176. The summed E-state index contributed by atoms with van der Waals surface area (Å²) >= 11 is 0. The van der Waals surface area contributed by atoms with Crippen molar-refractivity contribution in [2.45, 2.75) is 39.9 Å². The van der Waals surface area contributed by atoms with E-state index in [-0.39, 0.29) is 12.2 Å². The van der Waals surface area contributed by atoms with Crippen LogP contribution in [-0.2, 0) is 0 Å². The van der Waals surface area contributed by atoms with Gasteiger partial charge in [-0.05, 0) is 88.0 Å². The van der Waals surface area contributed by atoms with Crippen molar-refractivity contribution in [2.24, 2.45) is 0 Å². The summed E-state index contributed by atoms with van der Waals surface area (Å²) in [7, 11) is -0.939. The van der Waals surface area contributed by atoms with E-state index in [2.05, 4.69) is 138 Å². The number of fused-ring (bicyclic) bond motifs is 7. The number of hydrogen-bond donors (Lipinski definition) is 0. The fraction of sp³-hybridized carbons (Fsp3) is 0.278. The van der Waals surface area contributed by atoms with Crippen LogP contribution < -0.4 is 20.1 Å². The molecule has 0 aliphatic heterocycles. The molecule has 0 N–H and O–H groups in total. The largest absolute Gasteiger partial charge is 0.488 e. The van der Waals surface area contributed by atoms with Crippen LogP contribution in [0.3, 0.4) is 0 Å². The molecule has 0 fully saturated rings. The smallest absolute Gasteiger partial charge is 0.152 e. The lowest BCUT2D eigenvalue weighted by Crippen LogP contribution is -2.17. The first-order valence-corrected chi connectivity index (χ1v) is 18.9. The van der Waals surface area contributed by atoms with Crippen molar-refractivity contribution in [3.05, 3.63) is 78.9 Å². The first-order chi connectivity index (χ1) is 19.7. The summed E-state index contributed by atoms with van der Waals surface area (Å²) < 4.78 is 16.2. The molecule has 0 spiro atoms. The molecule has 0 saturated carbocycles. The number of aromatic nitrogens is 1. The zero-order valence-corrected chi connectivity index (χ0v) is 27.1. The van der Waals surface area contributed by atoms with E-state index >= 15 is 0 Å². The topological polar surface area (TPSA) is 23.4 Å². The molecule has 5 aromatic carbocycles. The molecular formula is C36H39NO2P2. The molecule has 0 atom stereocenters. The second kappa shape index (κ2) is 10.9. The third-order valence-electron chi connectivity index (χ3n) is 7.55. The third-order valence-corrected chi connectivity index (χ3v) is 10.2. The van der Waals surface area contributed by atoms with Crippen LogP contribution in [0.1, 0.15) is 27.7 Å². The van der Waals surface area contributed by atoms with Crippen molar-refractivity contribution >= 4 is 69.8 Å². The Morgan fingerprint density at radius 1 is 0.512 bits per heavy atom. The molecule has 0 aliphatic rings. The van der Waals surface area contributed by atoms with E-state index in [1.54, 1.807) is 0 Å². The predicted octanol–water partition coefficient (Wildman–Crippen LogP) is 9.40. The second-order valence-electron chi connectivity index (χ2n) is 11.7. The summed E-state index contributed by atoms with van der Waals surface area (Å²) in [5, 5.41) is 10.2. The highest BCUT2D eigenvalue weighted by Crippen LogP contribution is 2.51. The standard InChI is InChI=1S/C36H39NO2P2/c1-22(2)38-33-31-29(25-18-12-14-20-27(25)35(33)40(5)6)30-26-19-13-15-21-28(26)36(41(7)8)34(39-23(3)4)32(30)37(31)24-16-10-9-11-17-24/h9-23H,1-8H3. The lowest BCUT2D eigenvalue weighted by Gasteiger charge is -2.23. The first-order valence-electron chi connectivity index (χ1n) is 14.4. The molecule has 3 nitrogen and oxygen atoms in total. The minimum absolute atomic E-state index is 0.0353. The van der Waals surface area contributed by atoms with Crippen LogP contribution in [0.25, 0.3) is 49.0 Å². The number of nitrogens with zero attached hydrogens (tertiary/aromatic N) is 1. The Kier molecular flexibility index (Phi) is 7.48. The summed E-state index contributed by atoms with van der Waals surface area (Å²) in [5.74, 6) is 2.00. The normalized spacial score (nSPS) is 12.3. The first kappa shape index (κ1) is 28.0. The van der Waals surface area contributed by atoms with Crippen molar-refractivity contribution < 1.29 is 9.47 Å². The molecule has 0 radical (unpaired) electrons. The molecule has 6 rings (SSSR count). The lowest BCUT2D eigenvalue weighted by atomic mass is 9.98. The Labute approximate surface area is 246 Å². The molecule has 210 valence electrons. The number of benzene rings is 5. The van der Waals surface area contributed by atoms with Crippen molar-refractivity contribution in [3.63, 3.8) is 0 Å². The molecule has 0 unspecified atom stereocenters. The monoisotopic (exact) mass is 579 g/mol. The molecule has 0 amide bonds. The summed E-state index contributed by atoms with van der Waals surface area (Å²) in [5.41, 5.74) is 3.39. The van der Waals surface area contributed by atoms with Crippen LogP contribution in [0, 0.1) is 0 Å². The average molecular weight is 580 g/mol. The van der Waals surface area contributed by atoms with Gasteiger partial charge in [-0.1, -0.05) is 82.6 Å². The molecule has 1 heterocycles. The average Bonchev–Trinajstić information content (AvgIpc) is 3.30. The van der Waals surface area contributed by atoms with Gasteiger partial charge in [0.2, 0.25) is 0 Å². The molecule has 41 heavy (non-hydrogen) atoms. The van der Waals surface area contributed by atoms with Gasteiger partial charge in [0, 0.05) is 27.1 Å². The Hall–Kier alpha value is -3.12. The molecule has 0 aliphatic carbocycles. The SMILES string of the molecule is CC(C)Oc1c(P(C)C)c2ccccc2c2c3c4ccccc4c(P(C)C)c(OC(C)C)c3n(-c3ccccc3)c12. The van der Waals surface area contributed by atoms with Gasteiger partial charge in [0.25, 0.3) is 0 Å². The van der Waals surface area contributed by atoms with Gasteiger partial charge in [-0.3, -0.25) is 0 Å². The highest BCUT2D eigenvalue weighted by molar-refractivity contribution is 7.65. The van der Waals surface area contributed by atoms with Crippen LogP contribution in [0.2, 0.25) is 0 Å². The second-order valence-corrected chi connectivity index (χ2v) is 16.2. The van der Waals surface area contributed by atoms with Gasteiger partial charge in [0.15, 0.2) is 11.5 Å². The summed E-state index contributed by atoms with van der Waals surface area (Å²) in [4.78, 5) is 0. The molecule has 6 aromatic rings. The van der Waals surface area contributed by atoms with E-state index in [4.69, 9.17) is 9.47 Å². The minimum Gasteiger partial charge on any atom is -0.488 e. The van der Waals surface area contributed by atoms with E-state index in [0.717, 1.165) is 28.2 Å². The van der Waals surface area contributed by atoms with Gasteiger partial charge in [-0.15, -0.1) is 0 Å². The fourth-order valence-electron chi connectivity index (χ4n) is 6.23. The molecule has 0 bridgehead atoms. The van der Waals surface area contributed by atoms with Crippen molar-refractivity contribution in [2.75, 3.05) is 26.7 Å². The zero-order valence-electron chi connectivity index (χ0n) is 25.3. The van der Waals surface area contributed by atoms with E-state index in [1.165, 1.54) is 42.9 Å². The van der Waals surface area contributed by atoms with Crippen molar-refractivity contribution in [1.82, 2.24) is 4.57 Å².